The lowest BCUT2D eigenvalue weighted by Crippen LogP contribution is -3.00. The maximum Gasteiger partial charge on any atom is 0.268 e. The molecule has 0 amide bonds. The molecule has 0 aliphatic rings. The highest BCUT2D eigenvalue weighted by molar-refractivity contribution is 7.93. The third-order valence-corrected chi connectivity index (χ3v) is 8.13. The van der Waals surface area contributed by atoms with E-state index in [1.54, 1.807) is 42.6 Å². The van der Waals surface area contributed by atoms with Crippen LogP contribution in [0.1, 0.15) is 25.8 Å². The molecule has 0 saturated heterocycles. The number of rotatable bonds is 7. The molecular formula is C26H26Cl2IN3O2S. The van der Waals surface area contributed by atoms with Gasteiger partial charge in [0.05, 0.1) is 33.4 Å². The average Bonchev–Trinajstić information content (AvgIpc) is 3.18. The first kappa shape index (κ1) is 27.5. The number of hydrogen-bond donors (Lipinski definition) is 0. The standard InChI is InChI=1S/C26H26Cl2N3O2S.HI/c1-4-20(30-18-29(5-2)25-15-23(27)24(28)16-26(25)30)17-31(21-9-7-6-8-10-21)34(32,33)22-13-11-19(3)12-14-22;/h6-18H,4-5H2,1-3H3;1H/q+1;/p-1. The van der Waals surface area contributed by atoms with E-state index in [9.17, 15) is 8.42 Å². The lowest BCUT2D eigenvalue weighted by molar-refractivity contribution is -0.668. The van der Waals surface area contributed by atoms with Gasteiger partial charge >= 0.3 is 0 Å². The van der Waals surface area contributed by atoms with Gasteiger partial charge in [0, 0.05) is 18.6 Å². The van der Waals surface area contributed by atoms with Crippen LogP contribution in [0.4, 0.5) is 5.69 Å². The van der Waals surface area contributed by atoms with Crippen molar-refractivity contribution in [3.63, 3.8) is 0 Å². The van der Waals surface area contributed by atoms with Crippen LogP contribution in [-0.2, 0) is 16.6 Å². The van der Waals surface area contributed by atoms with E-state index >= 15 is 0 Å². The van der Waals surface area contributed by atoms with Crippen LogP contribution in [0.3, 0.4) is 0 Å². The SMILES string of the molecule is CCC(=CN(c1ccccc1)S(=O)(=O)c1ccc(C)cc1)n1c[n+](CC)c2cc(Cl)c(Cl)cc21.[I-]. The second kappa shape index (κ2) is 11.3. The summed E-state index contributed by atoms with van der Waals surface area (Å²) in [7, 11) is -3.86. The van der Waals surface area contributed by atoms with Crippen LogP contribution >= 0.6 is 23.2 Å². The zero-order chi connectivity index (χ0) is 24.5. The fourth-order valence-corrected chi connectivity index (χ4v) is 5.52. The number of imidazole rings is 1. The van der Waals surface area contributed by atoms with Gasteiger partial charge in [0.25, 0.3) is 10.0 Å². The lowest BCUT2D eigenvalue weighted by Gasteiger charge is -2.21. The third kappa shape index (κ3) is 5.53. The minimum Gasteiger partial charge on any atom is -1.00 e. The van der Waals surface area contributed by atoms with Gasteiger partial charge in [-0.25, -0.2) is 17.3 Å². The molecule has 0 N–H and O–H groups in total. The number of anilines is 1. The number of halogens is 3. The van der Waals surface area contributed by atoms with Crippen LogP contribution in [-0.4, -0.2) is 13.0 Å². The van der Waals surface area contributed by atoms with E-state index in [4.69, 9.17) is 23.2 Å². The Morgan fingerprint density at radius 2 is 1.63 bits per heavy atom. The van der Waals surface area contributed by atoms with Gasteiger partial charge < -0.3 is 24.0 Å². The maximum absolute atomic E-state index is 13.8. The topological polar surface area (TPSA) is 46.2 Å². The summed E-state index contributed by atoms with van der Waals surface area (Å²) in [4.78, 5) is 0.226. The molecule has 0 unspecified atom stereocenters. The Morgan fingerprint density at radius 1 is 1.00 bits per heavy atom. The Kier molecular flexibility index (Phi) is 8.91. The number of nitrogens with zero attached hydrogens (tertiary/aromatic N) is 3. The molecule has 35 heavy (non-hydrogen) atoms. The van der Waals surface area contributed by atoms with Crippen molar-refractivity contribution in [1.82, 2.24) is 4.57 Å². The van der Waals surface area contributed by atoms with E-state index in [0.29, 0.717) is 22.2 Å². The highest BCUT2D eigenvalue weighted by Crippen LogP contribution is 2.31. The second-order valence-corrected chi connectivity index (χ2v) is 10.6. The van der Waals surface area contributed by atoms with E-state index in [2.05, 4.69) is 4.57 Å². The van der Waals surface area contributed by atoms with Crippen molar-refractivity contribution in [1.29, 1.82) is 0 Å². The minimum absolute atomic E-state index is 0. The van der Waals surface area contributed by atoms with Crippen LogP contribution in [0.2, 0.25) is 10.0 Å². The van der Waals surface area contributed by atoms with Crippen LogP contribution in [0.5, 0.6) is 0 Å². The lowest BCUT2D eigenvalue weighted by atomic mass is 10.2. The van der Waals surface area contributed by atoms with E-state index in [1.807, 2.05) is 62.0 Å². The summed E-state index contributed by atoms with van der Waals surface area (Å²) in [5.74, 6) is 0. The van der Waals surface area contributed by atoms with Gasteiger partial charge in [-0.15, -0.1) is 0 Å². The van der Waals surface area contributed by atoms with Crippen molar-refractivity contribution in [2.45, 2.75) is 38.6 Å². The number of sulfonamides is 1. The van der Waals surface area contributed by atoms with Crippen molar-refractivity contribution >= 4 is 55.6 Å². The molecule has 0 bridgehead atoms. The van der Waals surface area contributed by atoms with E-state index < -0.39 is 10.0 Å². The summed E-state index contributed by atoms with van der Waals surface area (Å²) in [5, 5.41) is 0.920. The Hall–Kier alpha value is -2.07. The number of allylic oxidation sites excluding steroid dienone is 1. The predicted octanol–water partition coefficient (Wildman–Crippen LogP) is 3.67. The summed E-state index contributed by atoms with van der Waals surface area (Å²) in [6.45, 7) is 6.69. The largest absolute Gasteiger partial charge is 1.00 e. The molecule has 1 aromatic heterocycles. The molecule has 0 spiro atoms. The van der Waals surface area contributed by atoms with Gasteiger partial charge in [-0.1, -0.05) is 66.0 Å². The quantitative estimate of drug-likeness (QED) is 0.228. The molecule has 0 fully saturated rings. The van der Waals surface area contributed by atoms with Crippen molar-refractivity contribution in [3.8, 4) is 0 Å². The second-order valence-electron chi connectivity index (χ2n) is 7.95. The Labute approximate surface area is 233 Å². The third-order valence-electron chi connectivity index (χ3n) is 5.71. The molecule has 0 atom stereocenters. The van der Waals surface area contributed by atoms with E-state index in [-0.39, 0.29) is 28.9 Å². The van der Waals surface area contributed by atoms with E-state index in [1.165, 1.54) is 4.31 Å². The molecule has 5 nitrogen and oxygen atoms in total. The average molecular weight is 642 g/mol. The summed E-state index contributed by atoms with van der Waals surface area (Å²) in [5.41, 5.74) is 4.10. The summed E-state index contributed by atoms with van der Waals surface area (Å²) in [6, 6.07) is 19.6. The highest BCUT2D eigenvalue weighted by atomic mass is 127. The van der Waals surface area contributed by atoms with Crippen molar-refractivity contribution in [2.24, 2.45) is 0 Å². The van der Waals surface area contributed by atoms with Crippen LogP contribution in [0, 0.1) is 6.92 Å². The van der Waals surface area contributed by atoms with Gasteiger partial charge in [0.2, 0.25) is 6.33 Å². The van der Waals surface area contributed by atoms with Gasteiger partial charge in [0.1, 0.15) is 5.70 Å². The molecule has 0 saturated carbocycles. The fraction of sp³-hybridized carbons (Fsp3) is 0.192. The molecule has 4 aromatic rings. The van der Waals surface area contributed by atoms with Crippen molar-refractivity contribution in [2.75, 3.05) is 4.31 Å². The Bertz CT molecular complexity index is 1470. The van der Waals surface area contributed by atoms with Crippen LogP contribution < -0.4 is 32.8 Å². The van der Waals surface area contributed by atoms with Gasteiger partial charge in [0.15, 0.2) is 11.0 Å². The van der Waals surface area contributed by atoms with Gasteiger partial charge in [-0.2, -0.15) is 4.57 Å². The molecule has 0 radical (unpaired) electrons. The zero-order valence-corrected chi connectivity index (χ0v) is 24.1. The monoisotopic (exact) mass is 641 g/mol. The normalized spacial score (nSPS) is 12.0. The van der Waals surface area contributed by atoms with Gasteiger partial charge in [-0.05, 0) is 38.1 Å². The fourth-order valence-electron chi connectivity index (χ4n) is 3.83. The summed E-state index contributed by atoms with van der Waals surface area (Å²) < 4.78 is 32.9. The summed E-state index contributed by atoms with van der Waals surface area (Å²) >= 11 is 12.6. The Morgan fingerprint density at radius 3 is 2.23 bits per heavy atom. The number of benzene rings is 3. The number of aryl methyl sites for hydroxylation is 2. The number of para-hydroxylation sites is 1. The molecule has 1 heterocycles. The first-order chi connectivity index (χ1) is 16.3. The molecule has 9 heteroatoms. The Balaban J connectivity index is 0.00000342. The number of hydrogen-bond acceptors (Lipinski definition) is 2. The number of fused-ring (bicyclic) bond motifs is 1. The molecule has 184 valence electrons. The van der Waals surface area contributed by atoms with Crippen LogP contribution in [0.25, 0.3) is 16.7 Å². The molecule has 0 aliphatic carbocycles. The molecule has 4 rings (SSSR count). The van der Waals surface area contributed by atoms with Crippen LogP contribution in [0.15, 0.2) is 84.2 Å². The highest BCUT2D eigenvalue weighted by Gasteiger charge is 2.26. The predicted molar refractivity (Wildman–Crippen MR) is 140 cm³/mol. The molecule has 0 aliphatic heterocycles. The van der Waals surface area contributed by atoms with Crippen molar-refractivity contribution < 1.29 is 37.0 Å². The maximum atomic E-state index is 13.8. The number of aromatic nitrogens is 2. The van der Waals surface area contributed by atoms with E-state index in [0.717, 1.165) is 28.8 Å². The minimum atomic E-state index is -3.86. The first-order valence-corrected chi connectivity index (χ1v) is 13.2. The van der Waals surface area contributed by atoms with Crippen molar-refractivity contribution in [3.05, 3.63) is 94.9 Å². The van der Waals surface area contributed by atoms with Gasteiger partial charge in [-0.3, -0.25) is 0 Å². The molecule has 3 aromatic carbocycles. The molecular weight excluding hydrogens is 616 g/mol. The first-order valence-electron chi connectivity index (χ1n) is 11.0. The smallest absolute Gasteiger partial charge is 0.268 e. The summed E-state index contributed by atoms with van der Waals surface area (Å²) in [6.07, 6.45) is 4.22. The zero-order valence-electron chi connectivity index (χ0n) is 19.6.